The van der Waals surface area contributed by atoms with Gasteiger partial charge in [-0.15, -0.1) is 0 Å². The first-order valence-electron chi connectivity index (χ1n) is 7.18. The Balaban J connectivity index is 1.74. The topological polar surface area (TPSA) is 63.2 Å². The summed E-state index contributed by atoms with van der Waals surface area (Å²) < 4.78 is 6.20. The van der Waals surface area contributed by atoms with E-state index in [0.717, 1.165) is 27.0 Å². The van der Waals surface area contributed by atoms with Crippen LogP contribution < -0.4 is 10.6 Å². The molecule has 1 aromatic heterocycles. The molecule has 5 nitrogen and oxygen atoms in total. The molecule has 2 aromatic carbocycles. The highest BCUT2D eigenvalue weighted by atomic mass is 32.1. The second kappa shape index (κ2) is 6.76. The summed E-state index contributed by atoms with van der Waals surface area (Å²) in [6, 6.07) is 13.2. The molecule has 2 N–H and O–H groups in total. The van der Waals surface area contributed by atoms with E-state index >= 15 is 0 Å². The molecular weight excluding hydrogens is 310 g/mol. The van der Waals surface area contributed by atoms with Crippen LogP contribution in [0.4, 0.5) is 15.6 Å². The first-order chi connectivity index (χ1) is 11.2. The van der Waals surface area contributed by atoms with E-state index in [2.05, 4.69) is 15.6 Å². The lowest BCUT2D eigenvalue weighted by Crippen LogP contribution is -2.19. The molecule has 0 saturated heterocycles. The number of urea groups is 1. The summed E-state index contributed by atoms with van der Waals surface area (Å²) in [5, 5.41) is 6.14. The van der Waals surface area contributed by atoms with Crippen LogP contribution in [-0.4, -0.2) is 18.1 Å². The van der Waals surface area contributed by atoms with Crippen LogP contribution in [0.2, 0.25) is 0 Å². The molecular formula is C17H17N3O2S. The van der Waals surface area contributed by atoms with Crippen molar-refractivity contribution in [3.63, 3.8) is 0 Å². The zero-order chi connectivity index (χ0) is 16.2. The summed E-state index contributed by atoms with van der Waals surface area (Å²) in [7, 11) is 1.65. The fraction of sp³-hybridized carbons (Fsp3) is 0.176. The van der Waals surface area contributed by atoms with Gasteiger partial charge < -0.3 is 10.1 Å². The Morgan fingerprint density at radius 1 is 1.17 bits per heavy atom. The number of thiazole rings is 1. The molecule has 0 unspecified atom stereocenters. The molecule has 23 heavy (non-hydrogen) atoms. The molecule has 3 rings (SSSR count). The third-order valence-corrected chi connectivity index (χ3v) is 4.27. The second-order valence-electron chi connectivity index (χ2n) is 5.16. The zero-order valence-electron chi connectivity index (χ0n) is 12.9. The molecule has 118 valence electrons. The number of carbonyl (C=O) groups is 1. The number of aryl methyl sites for hydroxylation is 1. The van der Waals surface area contributed by atoms with Gasteiger partial charge in [-0.2, -0.15) is 0 Å². The van der Waals surface area contributed by atoms with Crippen molar-refractivity contribution in [1.82, 2.24) is 4.98 Å². The number of nitrogens with one attached hydrogen (secondary N) is 2. The summed E-state index contributed by atoms with van der Waals surface area (Å²) in [6.07, 6.45) is 0. The van der Waals surface area contributed by atoms with Crippen molar-refractivity contribution in [1.29, 1.82) is 0 Å². The number of ether oxygens (including phenoxy) is 1. The summed E-state index contributed by atoms with van der Waals surface area (Å²) >= 11 is 1.44. The van der Waals surface area contributed by atoms with E-state index in [0.29, 0.717) is 11.7 Å². The first kappa shape index (κ1) is 15.5. The number of benzene rings is 2. The predicted octanol–water partition coefficient (Wildman–Crippen LogP) is 4.40. The summed E-state index contributed by atoms with van der Waals surface area (Å²) in [4.78, 5) is 16.6. The summed E-state index contributed by atoms with van der Waals surface area (Å²) in [6.45, 7) is 2.50. The van der Waals surface area contributed by atoms with Crippen LogP contribution >= 0.6 is 11.3 Å². The number of methoxy groups -OCH3 is 1. The minimum atomic E-state index is -0.304. The van der Waals surface area contributed by atoms with Crippen molar-refractivity contribution >= 4 is 38.4 Å². The van der Waals surface area contributed by atoms with E-state index in [1.54, 1.807) is 7.11 Å². The number of nitrogens with zero attached hydrogens (tertiary/aromatic N) is 1. The van der Waals surface area contributed by atoms with Gasteiger partial charge in [0.1, 0.15) is 0 Å². The Morgan fingerprint density at radius 3 is 2.70 bits per heavy atom. The van der Waals surface area contributed by atoms with Crippen LogP contribution in [0.3, 0.4) is 0 Å². The smallest absolute Gasteiger partial charge is 0.325 e. The predicted molar refractivity (Wildman–Crippen MR) is 94.2 cm³/mol. The van der Waals surface area contributed by atoms with Gasteiger partial charge in [0.2, 0.25) is 0 Å². The lowest BCUT2D eigenvalue weighted by molar-refractivity contribution is 0.186. The van der Waals surface area contributed by atoms with Gasteiger partial charge in [0, 0.05) is 18.4 Å². The average Bonchev–Trinajstić information content (AvgIpc) is 2.93. The van der Waals surface area contributed by atoms with Gasteiger partial charge in [-0.05, 0) is 25.1 Å². The number of fused-ring (bicyclic) bond motifs is 1. The lowest BCUT2D eigenvalue weighted by Gasteiger charge is -2.05. The van der Waals surface area contributed by atoms with E-state index in [4.69, 9.17) is 4.74 Å². The number of anilines is 2. The minimum Gasteiger partial charge on any atom is -0.380 e. The molecule has 2 amide bonds. The largest absolute Gasteiger partial charge is 0.380 e. The molecule has 0 saturated carbocycles. The zero-order valence-corrected chi connectivity index (χ0v) is 13.7. The molecule has 0 atom stereocenters. The van der Waals surface area contributed by atoms with Crippen molar-refractivity contribution < 1.29 is 9.53 Å². The number of amides is 2. The number of aromatic nitrogens is 1. The molecule has 0 fully saturated rings. The monoisotopic (exact) mass is 327 g/mol. The summed E-state index contributed by atoms with van der Waals surface area (Å²) in [5.41, 5.74) is 3.76. The maximum Gasteiger partial charge on any atom is 0.325 e. The Morgan fingerprint density at radius 2 is 1.96 bits per heavy atom. The van der Waals surface area contributed by atoms with Gasteiger partial charge in [-0.1, -0.05) is 41.2 Å². The van der Waals surface area contributed by atoms with Gasteiger partial charge in [-0.3, -0.25) is 5.32 Å². The standard InChI is InChI=1S/C17H17N3O2S/c1-11-6-8-13(9-7-11)18-16(21)20-17-19-15-12(10-22-2)4-3-5-14(15)23-17/h3-9H,10H2,1-2H3,(H2,18,19,20,21). The molecule has 0 radical (unpaired) electrons. The van der Waals surface area contributed by atoms with Crippen LogP contribution in [0.25, 0.3) is 10.2 Å². The van der Waals surface area contributed by atoms with Crippen molar-refractivity contribution in [2.24, 2.45) is 0 Å². The average molecular weight is 327 g/mol. The lowest BCUT2D eigenvalue weighted by atomic mass is 10.2. The van der Waals surface area contributed by atoms with E-state index in [1.807, 2.05) is 49.4 Å². The molecule has 3 aromatic rings. The highest BCUT2D eigenvalue weighted by Crippen LogP contribution is 2.28. The summed E-state index contributed by atoms with van der Waals surface area (Å²) in [5.74, 6) is 0. The van der Waals surface area contributed by atoms with E-state index in [-0.39, 0.29) is 6.03 Å². The third kappa shape index (κ3) is 3.67. The van der Waals surface area contributed by atoms with Gasteiger partial charge in [0.15, 0.2) is 5.13 Å². The molecule has 6 heteroatoms. The fourth-order valence-corrected chi connectivity index (χ4v) is 3.14. The third-order valence-electron chi connectivity index (χ3n) is 3.33. The fourth-order valence-electron chi connectivity index (χ4n) is 2.23. The Hall–Kier alpha value is -2.44. The van der Waals surface area contributed by atoms with E-state index in [1.165, 1.54) is 11.3 Å². The molecule has 0 spiro atoms. The normalized spacial score (nSPS) is 10.7. The number of hydrogen-bond acceptors (Lipinski definition) is 4. The minimum absolute atomic E-state index is 0.304. The maximum absolute atomic E-state index is 12.1. The maximum atomic E-state index is 12.1. The van der Waals surface area contributed by atoms with Crippen LogP contribution in [0, 0.1) is 6.92 Å². The Bertz CT molecular complexity index is 827. The van der Waals surface area contributed by atoms with Gasteiger partial charge >= 0.3 is 6.03 Å². The highest BCUT2D eigenvalue weighted by Gasteiger charge is 2.10. The second-order valence-corrected chi connectivity index (χ2v) is 6.19. The molecule has 1 heterocycles. The van der Waals surface area contributed by atoms with E-state index < -0.39 is 0 Å². The van der Waals surface area contributed by atoms with Crippen LogP contribution in [0.5, 0.6) is 0 Å². The molecule has 0 bridgehead atoms. The van der Waals surface area contributed by atoms with Crippen molar-refractivity contribution in [2.45, 2.75) is 13.5 Å². The van der Waals surface area contributed by atoms with Crippen molar-refractivity contribution in [2.75, 3.05) is 17.7 Å². The number of carbonyl (C=O) groups excluding carboxylic acids is 1. The van der Waals surface area contributed by atoms with Crippen LogP contribution in [0.15, 0.2) is 42.5 Å². The number of para-hydroxylation sites is 1. The highest BCUT2D eigenvalue weighted by molar-refractivity contribution is 7.22. The van der Waals surface area contributed by atoms with Gasteiger partial charge in [0.05, 0.1) is 16.8 Å². The Kier molecular flexibility index (Phi) is 4.55. The van der Waals surface area contributed by atoms with Crippen LogP contribution in [0.1, 0.15) is 11.1 Å². The Labute approximate surface area is 138 Å². The van der Waals surface area contributed by atoms with E-state index in [9.17, 15) is 4.79 Å². The first-order valence-corrected chi connectivity index (χ1v) is 7.99. The quantitative estimate of drug-likeness (QED) is 0.747. The van der Waals surface area contributed by atoms with Gasteiger partial charge in [0.25, 0.3) is 0 Å². The SMILES string of the molecule is COCc1cccc2sc(NC(=O)Nc3ccc(C)cc3)nc12. The van der Waals surface area contributed by atoms with Gasteiger partial charge in [-0.25, -0.2) is 9.78 Å². The molecule has 0 aliphatic heterocycles. The van der Waals surface area contributed by atoms with Crippen LogP contribution in [-0.2, 0) is 11.3 Å². The van der Waals surface area contributed by atoms with Crippen molar-refractivity contribution in [3.8, 4) is 0 Å². The molecule has 0 aliphatic rings. The van der Waals surface area contributed by atoms with Crippen molar-refractivity contribution in [3.05, 3.63) is 53.6 Å². The number of rotatable bonds is 4. The number of hydrogen-bond donors (Lipinski definition) is 2. The molecule has 0 aliphatic carbocycles.